The first-order chi connectivity index (χ1) is 9.47. The van der Waals surface area contributed by atoms with Gasteiger partial charge in [-0.25, -0.2) is 9.78 Å². The number of nitro groups is 1. The molecule has 0 bridgehead atoms. The third-order valence-electron chi connectivity index (χ3n) is 2.44. The Morgan fingerprint density at radius 1 is 1.55 bits per heavy atom. The molecule has 9 heteroatoms. The van der Waals surface area contributed by atoms with E-state index in [9.17, 15) is 14.9 Å². The number of nitrogens with zero attached hydrogens (tertiary/aromatic N) is 3. The van der Waals surface area contributed by atoms with Crippen molar-refractivity contribution in [3.63, 3.8) is 0 Å². The summed E-state index contributed by atoms with van der Waals surface area (Å²) in [6.07, 6.45) is 1.28. The van der Waals surface area contributed by atoms with Gasteiger partial charge in [0.05, 0.1) is 11.5 Å². The summed E-state index contributed by atoms with van der Waals surface area (Å²) >= 11 is 5.72. The van der Waals surface area contributed by atoms with E-state index in [0.29, 0.717) is 5.56 Å². The Kier molecular flexibility index (Phi) is 3.85. The zero-order chi connectivity index (χ0) is 14.7. The van der Waals surface area contributed by atoms with Crippen LogP contribution in [-0.4, -0.2) is 25.7 Å². The summed E-state index contributed by atoms with van der Waals surface area (Å²) in [6, 6.07) is 4.07. The van der Waals surface area contributed by atoms with Crippen LogP contribution in [0, 0.1) is 10.1 Å². The summed E-state index contributed by atoms with van der Waals surface area (Å²) in [5.74, 6) is 0. The van der Waals surface area contributed by atoms with Crippen molar-refractivity contribution < 1.29 is 19.6 Å². The Balaban J connectivity index is 2.33. The maximum atomic E-state index is 11.0. The van der Waals surface area contributed by atoms with E-state index in [4.69, 9.17) is 16.7 Å². The van der Waals surface area contributed by atoms with Gasteiger partial charge >= 0.3 is 12.2 Å². The van der Waals surface area contributed by atoms with Crippen LogP contribution in [0.2, 0.25) is 5.02 Å². The maximum absolute atomic E-state index is 11.0. The number of rotatable bonds is 4. The van der Waals surface area contributed by atoms with E-state index in [0.717, 1.165) is 0 Å². The first kappa shape index (κ1) is 13.8. The molecule has 2 rings (SSSR count). The van der Waals surface area contributed by atoms with Crippen LogP contribution < -0.4 is 4.74 Å². The molecule has 0 amide bonds. The van der Waals surface area contributed by atoms with Crippen LogP contribution in [0.25, 0.3) is 0 Å². The van der Waals surface area contributed by atoms with Crippen LogP contribution in [0.4, 0.5) is 10.5 Å². The van der Waals surface area contributed by atoms with E-state index >= 15 is 0 Å². The fourth-order valence-corrected chi connectivity index (χ4v) is 1.79. The number of hydrogen-bond acceptors (Lipinski definition) is 5. The van der Waals surface area contributed by atoms with Gasteiger partial charge in [-0.15, -0.1) is 0 Å². The molecule has 0 spiro atoms. The molecule has 0 aliphatic carbocycles. The van der Waals surface area contributed by atoms with Gasteiger partial charge in [-0.2, -0.15) is 0 Å². The van der Waals surface area contributed by atoms with Gasteiger partial charge in [0, 0.05) is 29.0 Å². The lowest BCUT2D eigenvalue weighted by molar-refractivity contribution is -0.385. The van der Waals surface area contributed by atoms with Gasteiger partial charge in [0.2, 0.25) is 0 Å². The number of hydrogen-bond donors (Lipinski definition) is 1. The summed E-state index contributed by atoms with van der Waals surface area (Å²) in [6.45, 7) is 0.0378. The van der Waals surface area contributed by atoms with Gasteiger partial charge in [0.15, 0.2) is 0 Å². The number of carbonyl (C=O) groups is 1. The predicted molar refractivity (Wildman–Crippen MR) is 68.1 cm³/mol. The minimum absolute atomic E-state index is 0.0378. The molecule has 0 radical (unpaired) electrons. The summed E-state index contributed by atoms with van der Waals surface area (Å²) in [5.41, 5.74) is 0.195. The van der Waals surface area contributed by atoms with Crippen molar-refractivity contribution in [3.05, 3.63) is 51.3 Å². The molecule has 8 nitrogen and oxygen atoms in total. The van der Waals surface area contributed by atoms with E-state index in [-0.39, 0.29) is 23.3 Å². The van der Waals surface area contributed by atoms with E-state index in [1.807, 2.05) is 0 Å². The molecule has 1 N–H and O–H groups in total. The van der Waals surface area contributed by atoms with Crippen molar-refractivity contribution in [1.82, 2.24) is 9.55 Å². The Morgan fingerprint density at radius 3 is 2.95 bits per heavy atom. The average Bonchev–Trinajstić information content (AvgIpc) is 2.78. The molecular formula is C11H8ClN3O5. The average molecular weight is 298 g/mol. The molecule has 1 heterocycles. The Labute approximate surface area is 117 Å². The van der Waals surface area contributed by atoms with Crippen molar-refractivity contribution in [3.8, 4) is 6.01 Å². The standard InChI is InChI=1S/C11H8ClN3O5/c12-8-2-1-7(9(5-8)15(18)19)6-14-4-3-13-10(14)20-11(16)17/h1-5H,6H2,(H,16,17). The fraction of sp³-hybridized carbons (Fsp3) is 0.0909. The molecule has 20 heavy (non-hydrogen) atoms. The second-order valence-corrected chi connectivity index (χ2v) is 4.17. The van der Waals surface area contributed by atoms with Crippen LogP contribution in [0.1, 0.15) is 5.56 Å². The highest BCUT2D eigenvalue weighted by molar-refractivity contribution is 6.30. The lowest BCUT2D eigenvalue weighted by atomic mass is 10.2. The normalized spacial score (nSPS) is 10.2. The molecule has 1 aromatic carbocycles. The smallest absolute Gasteiger partial charge is 0.449 e. The van der Waals surface area contributed by atoms with Gasteiger partial charge < -0.3 is 9.84 Å². The molecular weight excluding hydrogens is 290 g/mol. The lowest BCUT2D eigenvalue weighted by Gasteiger charge is -2.07. The van der Waals surface area contributed by atoms with E-state index < -0.39 is 11.1 Å². The highest BCUT2D eigenvalue weighted by atomic mass is 35.5. The van der Waals surface area contributed by atoms with Crippen LogP contribution in [0.5, 0.6) is 6.01 Å². The molecule has 0 aliphatic rings. The largest absolute Gasteiger partial charge is 0.513 e. The van der Waals surface area contributed by atoms with Crippen molar-refractivity contribution in [2.75, 3.05) is 0 Å². The number of benzene rings is 1. The zero-order valence-electron chi connectivity index (χ0n) is 9.89. The molecule has 0 unspecified atom stereocenters. The topological polar surface area (TPSA) is 107 Å². The SMILES string of the molecule is O=C(O)Oc1nccn1Cc1ccc(Cl)cc1[N+](=O)[O-]. The molecule has 0 fully saturated rings. The molecule has 0 aliphatic heterocycles. The zero-order valence-corrected chi connectivity index (χ0v) is 10.6. The summed E-state index contributed by atoms with van der Waals surface area (Å²) in [4.78, 5) is 24.6. The molecule has 1 aromatic heterocycles. The van der Waals surface area contributed by atoms with E-state index in [2.05, 4.69) is 9.72 Å². The predicted octanol–water partition coefficient (Wildman–Crippen LogP) is 2.55. The summed E-state index contributed by atoms with van der Waals surface area (Å²) in [5, 5.41) is 19.8. The molecule has 0 atom stereocenters. The maximum Gasteiger partial charge on any atom is 0.513 e. The number of aromatic nitrogens is 2. The molecule has 0 saturated heterocycles. The second-order valence-electron chi connectivity index (χ2n) is 3.74. The number of nitro benzene ring substituents is 1. The van der Waals surface area contributed by atoms with Crippen LogP contribution in [0.15, 0.2) is 30.6 Å². The monoisotopic (exact) mass is 297 g/mol. The van der Waals surface area contributed by atoms with Gasteiger partial charge in [-0.3, -0.25) is 14.7 Å². The van der Waals surface area contributed by atoms with Gasteiger partial charge in [0.1, 0.15) is 0 Å². The Morgan fingerprint density at radius 2 is 2.30 bits per heavy atom. The number of ether oxygens (including phenoxy) is 1. The molecule has 0 saturated carbocycles. The van der Waals surface area contributed by atoms with Crippen LogP contribution in [-0.2, 0) is 6.54 Å². The quantitative estimate of drug-likeness (QED) is 0.528. The minimum atomic E-state index is -1.51. The van der Waals surface area contributed by atoms with Crippen LogP contribution in [0.3, 0.4) is 0 Å². The molecule has 2 aromatic rings. The minimum Gasteiger partial charge on any atom is -0.449 e. The Bertz CT molecular complexity index is 670. The second kappa shape index (κ2) is 5.57. The first-order valence-electron chi connectivity index (χ1n) is 5.32. The number of halogens is 1. The van der Waals surface area contributed by atoms with Crippen molar-refractivity contribution in [2.24, 2.45) is 0 Å². The van der Waals surface area contributed by atoms with Crippen LogP contribution >= 0.6 is 11.6 Å². The van der Waals surface area contributed by atoms with Gasteiger partial charge in [-0.05, 0) is 12.1 Å². The third-order valence-corrected chi connectivity index (χ3v) is 2.68. The van der Waals surface area contributed by atoms with Crippen molar-refractivity contribution >= 4 is 23.4 Å². The molecule has 104 valence electrons. The summed E-state index contributed by atoms with van der Waals surface area (Å²) in [7, 11) is 0. The third kappa shape index (κ3) is 3.04. The van der Waals surface area contributed by atoms with Crippen molar-refractivity contribution in [2.45, 2.75) is 6.54 Å². The highest BCUT2D eigenvalue weighted by Crippen LogP contribution is 2.25. The first-order valence-corrected chi connectivity index (χ1v) is 5.70. The fourth-order valence-electron chi connectivity index (χ4n) is 1.62. The lowest BCUT2D eigenvalue weighted by Crippen LogP contribution is -2.10. The van der Waals surface area contributed by atoms with Crippen molar-refractivity contribution in [1.29, 1.82) is 0 Å². The Hall–Kier alpha value is -2.61. The van der Waals surface area contributed by atoms with E-state index in [1.54, 1.807) is 0 Å². The number of carboxylic acid groups (broad SMARTS) is 1. The highest BCUT2D eigenvalue weighted by Gasteiger charge is 2.17. The van der Waals surface area contributed by atoms with Gasteiger partial charge in [-0.1, -0.05) is 11.6 Å². The van der Waals surface area contributed by atoms with E-state index in [1.165, 1.54) is 35.2 Å². The van der Waals surface area contributed by atoms with Gasteiger partial charge in [0.25, 0.3) is 5.69 Å². The number of imidazole rings is 1. The summed E-state index contributed by atoms with van der Waals surface area (Å²) < 4.78 is 5.79.